The molecule has 216 valence electrons. The number of hydrogen-bond donors (Lipinski definition) is 2. The van der Waals surface area contributed by atoms with Crippen LogP contribution in [0.4, 0.5) is 20.2 Å². The van der Waals surface area contributed by atoms with Crippen LogP contribution in [0.3, 0.4) is 0 Å². The zero-order valence-electron chi connectivity index (χ0n) is 23.6. The minimum Gasteiger partial charge on any atom is -0.368 e. The van der Waals surface area contributed by atoms with E-state index < -0.39 is 17.5 Å². The Labute approximate surface area is 234 Å². The van der Waals surface area contributed by atoms with Gasteiger partial charge < -0.3 is 25.3 Å². The van der Waals surface area contributed by atoms with Crippen molar-refractivity contribution < 1.29 is 23.2 Å². The minimum absolute atomic E-state index is 0.0207. The Balaban J connectivity index is 1.56. The first-order chi connectivity index (χ1) is 19.0. The van der Waals surface area contributed by atoms with Crippen LogP contribution < -0.4 is 15.5 Å². The first-order valence-corrected chi connectivity index (χ1v) is 13.9. The third kappa shape index (κ3) is 7.78. The van der Waals surface area contributed by atoms with Gasteiger partial charge in [-0.3, -0.25) is 14.4 Å². The molecule has 8 nitrogen and oxygen atoms in total. The van der Waals surface area contributed by atoms with Crippen molar-refractivity contribution in [2.24, 2.45) is 5.41 Å². The summed E-state index contributed by atoms with van der Waals surface area (Å²) in [7, 11) is 0. The van der Waals surface area contributed by atoms with Crippen molar-refractivity contribution >= 4 is 29.1 Å². The topological polar surface area (TPSA) is 85.0 Å². The van der Waals surface area contributed by atoms with Gasteiger partial charge in [-0.25, -0.2) is 8.78 Å². The van der Waals surface area contributed by atoms with Crippen LogP contribution in [0, 0.1) is 17.0 Å². The first-order valence-electron chi connectivity index (χ1n) is 13.9. The second-order valence-corrected chi connectivity index (χ2v) is 11.7. The van der Waals surface area contributed by atoms with E-state index in [1.807, 2.05) is 31.7 Å². The Morgan fingerprint density at radius 1 is 0.800 bits per heavy atom. The fourth-order valence-corrected chi connectivity index (χ4v) is 5.17. The lowest BCUT2D eigenvalue weighted by molar-refractivity contribution is -0.117. The van der Waals surface area contributed by atoms with E-state index in [2.05, 4.69) is 15.5 Å². The standard InChI is InChI=1S/C30H39F2N5O3/c1-30(2,3)20-27(38)34-25-18-21(28(39)36-10-4-8-33-9-13-36)6-7-26(25)35-11-5-12-37(15-14-35)29(40)22-16-23(31)19-24(32)17-22/h6-7,16-19,33H,4-5,8-15,20H2,1-3H3,(H,34,38). The SMILES string of the molecule is CC(C)(C)CC(=O)Nc1cc(C(=O)N2CCCNCC2)ccc1N1CCCN(C(=O)c2cc(F)cc(F)c2)CC1. The summed E-state index contributed by atoms with van der Waals surface area (Å²) in [4.78, 5) is 44.8. The molecule has 2 fully saturated rings. The molecule has 2 N–H and O–H groups in total. The Morgan fingerprint density at radius 3 is 2.20 bits per heavy atom. The van der Waals surface area contributed by atoms with Crippen molar-refractivity contribution in [3.05, 3.63) is 59.2 Å². The maximum Gasteiger partial charge on any atom is 0.254 e. The summed E-state index contributed by atoms with van der Waals surface area (Å²) in [5.74, 6) is -2.22. The van der Waals surface area contributed by atoms with E-state index in [9.17, 15) is 23.2 Å². The first kappa shape index (κ1) is 29.5. The Hall–Kier alpha value is -3.53. The smallest absolute Gasteiger partial charge is 0.254 e. The van der Waals surface area contributed by atoms with Crippen molar-refractivity contribution in [1.82, 2.24) is 15.1 Å². The van der Waals surface area contributed by atoms with Gasteiger partial charge in [-0.05, 0) is 55.1 Å². The molecule has 0 unspecified atom stereocenters. The number of benzene rings is 2. The summed E-state index contributed by atoms with van der Waals surface area (Å²) < 4.78 is 27.4. The lowest BCUT2D eigenvalue weighted by atomic mass is 9.92. The fraction of sp³-hybridized carbons (Fsp3) is 0.500. The number of carbonyl (C=O) groups is 3. The third-order valence-corrected chi connectivity index (χ3v) is 7.07. The van der Waals surface area contributed by atoms with E-state index in [0.29, 0.717) is 63.4 Å². The van der Waals surface area contributed by atoms with Gasteiger partial charge in [0.15, 0.2) is 0 Å². The van der Waals surface area contributed by atoms with Crippen molar-refractivity contribution in [2.45, 2.75) is 40.0 Å². The van der Waals surface area contributed by atoms with Crippen molar-refractivity contribution in [2.75, 3.05) is 62.6 Å². The van der Waals surface area contributed by atoms with E-state index in [1.54, 1.807) is 17.0 Å². The highest BCUT2D eigenvalue weighted by Crippen LogP contribution is 2.30. The number of anilines is 2. The van der Waals surface area contributed by atoms with E-state index in [0.717, 1.165) is 43.4 Å². The molecule has 4 rings (SSSR count). The maximum absolute atomic E-state index is 13.7. The molecule has 0 saturated carbocycles. The van der Waals surface area contributed by atoms with Crippen LogP contribution in [-0.2, 0) is 4.79 Å². The van der Waals surface area contributed by atoms with Gasteiger partial charge in [0.25, 0.3) is 11.8 Å². The molecule has 2 aliphatic heterocycles. The zero-order valence-corrected chi connectivity index (χ0v) is 23.6. The molecule has 40 heavy (non-hydrogen) atoms. The number of nitrogens with one attached hydrogen (secondary N) is 2. The molecule has 2 aromatic rings. The largest absolute Gasteiger partial charge is 0.368 e. The van der Waals surface area contributed by atoms with Gasteiger partial charge in [0.1, 0.15) is 11.6 Å². The van der Waals surface area contributed by atoms with E-state index >= 15 is 0 Å². The Morgan fingerprint density at radius 2 is 1.48 bits per heavy atom. The second-order valence-electron chi connectivity index (χ2n) is 11.7. The number of rotatable bonds is 5. The molecule has 0 aliphatic carbocycles. The molecule has 3 amide bonds. The van der Waals surface area contributed by atoms with Crippen molar-refractivity contribution in [3.8, 4) is 0 Å². The van der Waals surface area contributed by atoms with E-state index in [4.69, 9.17) is 0 Å². The van der Waals surface area contributed by atoms with Gasteiger partial charge in [0.2, 0.25) is 5.91 Å². The number of amides is 3. The lowest BCUT2D eigenvalue weighted by Crippen LogP contribution is -2.36. The molecule has 0 spiro atoms. The molecule has 0 atom stereocenters. The van der Waals surface area contributed by atoms with Gasteiger partial charge in [-0.1, -0.05) is 20.8 Å². The van der Waals surface area contributed by atoms with Crippen LogP contribution >= 0.6 is 0 Å². The van der Waals surface area contributed by atoms with Crippen LogP contribution in [0.1, 0.15) is 60.7 Å². The van der Waals surface area contributed by atoms with Crippen molar-refractivity contribution in [1.29, 1.82) is 0 Å². The highest BCUT2D eigenvalue weighted by molar-refractivity contribution is 6.00. The molecule has 10 heteroatoms. The molecule has 0 bridgehead atoms. The molecule has 2 heterocycles. The average molecular weight is 556 g/mol. The quantitative estimate of drug-likeness (QED) is 0.580. The van der Waals surface area contributed by atoms with E-state index in [1.165, 1.54) is 0 Å². The zero-order chi connectivity index (χ0) is 28.9. The second kappa shape index (κ2) is 12.8. The van der Waals surface area contributed by atoms with Crippen LogP contribution in [0.2, 0.25) is 0 Å². The highest BCUT2D eigenvalue weighted by atomic mass is 19.1. The molecule has 0 radical (unpaired) electrons. The lowest BCUT2D eigenvalue weighted by Gasteiger charge is -2.28. The summed E-state index contributed by atoms with van der Waals surface area (Å²) in [6.45, 7) is 10.7. The predicted octanol–water partition coefficient (Wildman–Crippen LogP) is 4.13. The van der Waals surface area contributed by atoms with Gasteiger partial charge in [0, 0.05) is 69.4 Å². The van der Waals surface area contributed by atoms with Gasteiger partial charge >= 0.3 is 0 Å². The fourth-order valence-electron chi connectivity index (χ4n) is 5.17. The molecule has 2 aliphatic rings. The number of carbonyl (C=O) groups excluding carboxylic acids is 3. The van der Waals surface area contributed by atoms with Crippen LogP contribution in [0.5, 0.6) is 0 Å². The summed E-state index contributed by atoms with van der Waals surface area (Å²) in [6, 6.07) is 8.24. The predicted molar refractivity (Wildman–Crippen MR) is 152 cm³/mol. The molecule has 2 aromatic carbocycles. The van der Waals surface area contributed by atoms with Gasteiger partial charge in [-0.15, -0.1) is 0 Å². The normalized spacial score (nSPS) is 16.8. The summed E-state index contributed by atoms with van der Waals surface area (Å²) in [5.41, 5.74) is 1.60. The minimum atomic E-state index is -0.790. The number of hydrogen-bond acceptors (Lipinski definition) is 5. The maximum atomic E-state index is 13.7. The van der Waals surface area contributed by atoms with Gasteiger partial charge in [0.05, 0.1) is 11.4 Å². The molecular formula is C30H39F2N5O3. The Kier molecular flexibility index (Phi) is 9.40. The molecular weight excluding hydrogens is 516 g/mol. The van der Waals surface area contributed by atoms with Crippen LogP contribution in [-0.4, -0.2) is 79.9 Å². The van der Waals surface area contributed by atoms with Crippen LogP contribution in [0.15, 0.2) is 36.4 Å². The Bertz CT molecular complexity index is 1220. The number of halogens is 2. The summed E-state index contributed by atoms with van der Waals surface area (Å²) in [5, 5.41) is 6.35. The summed E-state index contributed by atoms with van der Waals surface area (Å²) in [6.07, 6.45) is 1.82. The van der Waals surface area contributed by atoms with Crippen LogP contribution in [0.25, 0.3) is 0 Å². The highest BCUT2D eigenvalue weighted by Gasteiger charge is 2.25. The van der Waals surface area contributed by atoms with E-state index in [-0.39, 0.29) is 22.8 Å². The average Bonchev–Trinajstić information content (AvgIpc) is 3.30. The summed E-state index contributed by atoms with van der Waals surface area (Å²) >= 11 is 0. The monoisotopic (exact) mass is 555 g/mol. The van der Waals surface area contributed by atoms with Crippen molar-refractivity contribution in [3.63, 3.8) is 0 Å². The number of nitrogens with zero attached hydrogens (tertiary/aromatic N) is 3. The third-order valence-electron chi connectivity index (χ3n) is 7.07. The molecule has 2 saturated heterocycles. The van der Waals surface area contributed by atoms with Gasteiger partial charge in [-0.2, -0.15) is 0 Å². The molecule has 0 aromatic heterocycles.